The molecule has 0 saturated carbocycles. The van der Waals surface area contributed by atoms with Gasteiger partial charge in [-0.05, 0) is 200 Å². The summed E-state index contributed by atoms with van der Waals surface area (Å²) >= 11 is 2.17. The number of rotatable bonds is 22. The summed E-state index contributed by atoms with van der Waals surface area (Å²) in [6, 6.07) is 53.3. The summed E-state index contributed by atoms with van der Waals surface area (Å²) < 4.78 is 112. The van der Waals surface area contributed by atoms with E-state index in [0.29, 0.717) is 38.2 Å². The van der Waals surface area contributed by atoms with Gasteiger partial charge in [0.05, 0.1) is 67.0 Å². The van der Waals surface area contributed by atoms with Crippen molar-refractivity contribution in [3.63, 3.8) is 0 Å². The third kappa shape index (κ3) is 23.5. The van der Waals surface area contributed by atoms with Gasteiger partial charge in [0.15, 0.2) is 0 Å². The maximum Gasteiger partial charge on any atom is 0.373 e. The van der Waals surface area contributed by atoms with E-state index in [9.17, 15) is 33.7 Å². The minimum atomic E-state index is -3.61. The van der Waals surface area contributed by atoms with Crippen LogP contribution in [0.1, 0.15) is 190 Å². The maximum atomic E-state index is 13.2. The van der Waals surface area contributed by atoms with Crippen LogP contribution in [0.25, 0.3) is 0 Å². The van der Waals surface area contributed by atoms with E-state index in [1.807, 2.05) is 166 Å². The van der Waals surface area contributed by atoms with E-state index < -0.39 is 40.1 Å². The highest BCUT2D eigenvalue weighted by Crippen LogP contribution is 2.45. The Morgan fingerprint density at radius 3 is 0.982 bits per heavy atom. The van der Waals surface area contributed by atoms with Gasteiger partial charge in [-0.25, -0.2) is 33.7 Å². The molecule has 0 radical (unpaired) electrons. The molecule has 0 fully saturated rings. The fourth-order valence-electron chi connectivity index (χ4n) is 13.9. The van der Waals surface area contributed by atoms with Crippen molar-refractivity contribution in [1.29, 1.82) is 0 Å². The third-order valence-corrected chi connectivity index (χ3v) is 27.6. The summed E-state index contributed by atoms with van der Waals surface area (Å²) in [6.45, 7) is 15.8. The summed E-state index contributed by atoms with van der Waals surface area (Å²) in [5.41, 5.74) is 13.1. The monoisotopic (exact) mass is 1740 g/mol. The van der Waals surface area contributed by atoms with Crippen LogP contribution < -0.4 is 50.9 Å². The Morgan fingerprint density at radius 1 is 0.366 bits per heavy atom. The molecule has 23 nitrogen and oxygen atoms in total. The lowest BCUT2D eigenvalue weighted by molar-refractivity contribution is -0.687. The lowest BCUT2D eigenvalue weighted by Crippen LogP contribution is -3.00. The number of aliphatic hydroxyl groups is 1. The van der Waals surface area contributed by atoms with Gasteiger partial charge in [-0.15, -0.1) is 0 Å². The average Bonchev–Trinajstić information content (AvgIpc) is 1.64. The molecule has 0 aromatic heterocycles. The third-order valence-electron chi connectivity index (χ3n) is 19.6. The number of aliphatic hydroxyl groups excluding tert-OH is 1. The summed E-state index contributed by atoms with van der Waals surface area (Å²) in [5.74, 6) is 0. The van der Waals surface area contributed by atoms with Crippen LogP contribution in [-0.4, -0.2) is 118 Å². The number of nitrogens with two attached hydrogens (primary N) is 1. The first-order chi connectivity index (χ1) is 53.1. The fraction of sp³-hybridized carbons (Fsp3) is 0.386. The zero-order valence-corrected chi connectivity index (χ0v) is 71.3. The normalized spacial score (nSPS) is 16.8. The van der Waals surface area contributed by atoms with E-state index in [-0.39, 0.29) is 61.6 Å². The first-order valence-corrected chi connectivity index (χ1v) is 44.0. The zero-order valence-electron chi connectivity index (χ0n) is 65.1. The minimum absolute atomic E-state index is 0. The number of quaternary nitrogens is 1. The first-order valence-electron chi connectivity index (χ1n) is 37.2. The van der Waals surface area contributed by atoms with Gasteiger partial charge < -0.3 is 38.8 Å². The van der Waals surface area contributed by atoms with Gasteiger partial charge in [-0.3, -0.25) is 17.2 Å². The van der Waals surface area contributed by atoms with E-state index in [1.165, 1.54) is 75.0 Å². The molecule has 4 heterocycles. The predicted molar refractivity (Wildman–Crippen MR) is 438 cm³/mol. The van der Waals surface area contributed by atoms with Gasteiger partial charge in [0.25, 0.3) is 40.1 Å². The molecule has 0 aliphatic carbocycles. The summed E-state index contributed by atoms with van der Waals surface area (Å²) in [4.78, 5) is 50.3. The number of anilines is 4. The van der Waals surface area contributed by atoms with E-state index >= 15 is 0 Å². The van der Waals surface area contributed by atoms with Gasteiger partial charge in [0.1, 0.15) is 6.04 Å². The Balaban J connectivity index is 0.000000257. The smallest absolute Gasteiger partial charge is 0.373 e. The number of fused-ring (bicyclic) bond motifs is 8. The lowest BCUT2D eigenvalue weighted by atomic mass is 9.96. The molecule has 4 atom stereocenters. The van der Waals surface area contributed by atoms with Crippen molar-refractivity contribution in [1.82, 2.24) is 16.0 Å². The molecule has 29 heteroatoms. The van der Waals surface area contributed by atoms with E-state index in [4.69, 9.17) is 33.9 Å². The number of benzene rings is 8. The number of carbonyl (C=O) groups excluding carboxylic acids is 6. The van der Waals surface area contributed by atoms with Crippen molar-refractivity contribution in [3.8, 4) is 0 Å². The molecule has 4 aliphatic heterocycles. The van der Waals surface area contributed by atoms with Crippen LogP contribution in [0.2, 0.25) is 0 Å². The molecular formula is C83H104ClIN8O15S4. The van der Waals surface area contributed by atoms with Crippen LogP contribution in [0.5, 0.6) is 0 Å². The number of aryl methyl sites for hydroxylation is 3. The molecule has 4 unspecified atom stereocenters. The molecule has 8 aromatic rings. The van der Waals surface area contributed by atoms with E-state index in [1.54, 1.807) is 46.4 Å². The van der Waals surface area contributed by atoms with Crippen molar-refractivity contribution in [2.45, 2.75) is 169 Å². The highest BCUT2D eigenvalue weighted by Gasteiger charge is 2.40. The summed E-state index contributed by atoms with van der Waals surface area (Å²) in [5, 5.41) is 22.0. The Morgan fingerprint density at radius 2 is 0.643 bits per heavy atom. The van der Waals surface area contributed by atoms with Crippen LogP contribution in [0.4, 0.5) is 22.7 Å². The molecule has 0 spiro atoms. The molecule has 4 aliphatic rings. The van der Waals surface area contributed by atoms with Gasteiger partial charge >= 0.3 is 18.5 Å². The topological polar surface area (TPSA) is 325 Å². The zero-order chi connectivity index (χ0) is 81.6. The number of hydrogen-bond donors (Lipinski definition) is 5. The molecule has 0 amide bonds. The largest absolute Gasteiger partial charge is 1.00 e. The Kier molecular flexibility index (Phi) is 38.4. The highest BCUT2D eigenvalue weighted by molar-refractivity contribution is 14.1. The molecule has 8 aromatic carbocycles. The number of unbranched alkanes of at least 4 members (excludes halogenated alkanes) is 9. The fourth-order valence-corrected chi connectivity index (χ4v) is 20.7. The SMILES string of the molecule is CCCCCCNC1c2ccccc2N(C)S(=O)(=O)c2cc(C)ccc21.CCCCCCNC1c2ccccc2N(C)S(=O)(=O)c2cc(I)ccc21.CCCCCC[NH2+]C1c2ccccc2N(C)S(=O)(=O)c2cc(C)ccc21.Cc1ccc2c(c1)S(=O)(=O)N(C)c1ccccc1C2NCCCO.O=C=O.O=C=O.O=C=O.[Cl-]. The standard InChI is InChI=1S/2C21H28N2O2S.C20H25IN2O2S.C18H22N2O3S.3CO2.ClH/c2*1-4-5-6-9-14-22-21-17-10-7-8-11-19(17)23(3)26(24,25)20-15-16(2)12-13-18(20)21;1-3-4-5-8-13-22-20-16-9-6-7-10-18(16)23(2)26(24,25)19-14-15(21)11-12-17(19)20;1-13-8-9-15-17(12-13)24(22,23)20(2)16-7-4-3-6-14(16)18(15)19-10-5-11-21;3*2-1-3;/h2*7-8,10-13,15,21-22H,4-6,9,14H2,1-3H3;6-7,9-12,14,20,22H,3-5,8,13H2,1-2H3;3-4,6-9,12,18-19,21H,5,10-11H2,1-2H3;;;;1H. The van der Waals surface area contributed by atoms with Crippen LogP contribution in [0, 0.1) is 24.3 Å². The molecule has 0 bridgehead atoms. The highest BCUT2D eigenvalue weighted by atomic mass is 127. The summed E-state index contributed by atoms with van der Waals surface area (Å²) in [6.07, 6.45) is 15.6. The second-order valence-electron chi connectivity index (χ2n) is 27.1. The average molecular weight is 1740 g/mol. The van der Waals surface area contributed by atoms with E-state index in [2.05, 4.69) is 70.7 Å². The Labute approximate surface area is 681 Å². The minimum Gasteiger partial charge on any atom is -1.00 e. The number of halogens is 2. The van der Waals surface area contributed by atoms with Crippen LogP contribution in [0.15, 0.2) is 189 Å². The predicted octanol–water partition coefficient (Wildman–Crippen LogP) is 9.90. The van der Waals surface area contributed by atoms with Crippen LogP contribution >= 0.6 is 22.6 Å². The first kappa shape index (κ1) is 94.3. The molecular weight excluding hydrogens is 1640 g/mol. The van der Waals surface area contributed by atoms with Gasteiger partial charge in [-0.1, -0.05) is 187 Å². The number of para-hydroxylation sites is 4. The number of nitrogens with zero attached hydrogens (tertiary/aromatic N) is 4. The second-order valence-corrected chi connectivity index (χ2v) is 36.1. The van der Waals surface area contributed by atoms with Crippen molar-refractivity contribution in [2.75, 3.05) is 78.2 Å². The number of nitrogens with one attached hydrogen (secondary N) is 3. The molecule has 6 N–H and O–H groups in total. The van der Waals surface area contributed by atoms with Crippen LogP contribution in [0.3, 0.4) is 0 Å². The molecule has 604 valence electrons. The lowest BCUT2D eigenvalue weighted by Gasteiger charge is -2.22. The Bertz CT molecular complexity index is 4630. The molecule has 112 heavy (non-hydrogen) atoms. The maximum absolute atomic E-state index is 13.2. The van der Waals surface area contributed by atoms with E-state index in [0.717, 1.165) is 121 Å². The van der Waals surface area contributed by atoms with Crippen molar-refractivity contribution >= 4 is 104 Å². The molecule has 12 rings (SSSR count). The number of hydrogen-bond acceptors (Lipinski definition) is 18. The summed E-state index contributed by atoms with van der Waals surface area (Å²) in [7, 11) is -7.78. The van der Waals surface area contributed by atoms with Crippen LogP contribution in [-0.2, 0) is 68.9 Å². The van der Waals surface area contributed by atoms with Crippen molar-refractivity contribution < 1.29 is 85.3 Å². The van der Waals surface area contributed by atoms with Gasteiger partial charge in [0.2, 0.25) is 0 Å². The quantitative estimate of drug-likeness (QED) is 0.0311. The second kappa shape index (κ2) is 45.6. The van der Waals surface area contributed by atoms with Gasteiger partial charge in [-0.2, -0.15) is 28.8 Å². The Hall–Kier alpha value is -8.28. The van der Waals surface area contributed by atoms with Crippen molar-refractivity contribution in [2.24, 2.45) is 0 Å². The number of sulfonamides is 4. The van der Waals surface area contributed by atoms with Crippen molar-refractivity contribution in [3.05, 3.63) is 235 Å². The van der Waals surface area contributed by atoms with Gasteiger partial charge in [0, 0.05) is 49.5 Å². The molecule has 0 saturated heterocycles.